The molecule has 0 spiro atoms. The summed E-state index contributed by atoms with van der Waals surface area (Å²) in [7, 11) is 0. The maximum Gasteiger partial charge on any atom is 0.0882 e. The summed E-state index contributed by atoms with van der Waals surface area (Å²) in [6.07, 6.45) is 0.949. The molecule has 7 aromatic rings. The Morgan fingerprint density at radius 3 is 2.30 bits per heavy atom. The van der Waals surface area contributed by atoms with Gasteiger partial charge >= 0.3 is 0 Å². The summed E-state index contributed by atoms with van der Waals surface area (Å²) in [5.74, 6) is 0. The molecule has 0 radical (unpaired) electrons. The molecule has 0 unspecified atom stereocenters. The molecule has 1 aliphatic rings. The van der Waals surface area contributed by atoms with E-state index in [2.05, 4.69) is 132 Å². The Balaban J connectivity index is 1.30. The van der Waals surface area contributed by atoms with Gasteiger partial charge in [-0.05, 0) is 82.3 Å². The lowest BCUT2D eigenvalue weighted by Crippen LogP contribution is -2.09. The Labute approximate surface area is 233 Å². The molecule has 1 heterocycles. The van der Waals surface area contributed by atoms with Gasteiger partial charge in [-0.3, -0.25) is 15.1 Å². The Morgan fingerprint density at radius 2 is 1.40 bits per heavy atom. The fourth-order valence-electron chi connectivity index (χ4n) is 6.26. The molecule has 0 saturated heterocycles. The maximum atomic E-state index is 5.02. The van der Waals surface area contributed by atoms with Gasteiger partial charge in [-0.1, -0.05) is 97.1 Å². The number of hydrogen-bond donors (Lipinski definition) is 1. The molecule has 190 valence electrons. The Bertz CT molecular complexity index is 2120. The van der Waals surface area contributed by atoms with E-state index in [4.69, 9.17) is 4.99 Å². The number of aromatic nitrogens is 1. The van der Waals surface area contributed by atoms with Gasteiger partial charge in [0, 0.05) is 16.5 Å². The molecule has 0 fully saturated rings. The van der Waals surface area contributed by atoms with Crippen molar-refractivity contribution in [2.45, 2.75) is 13.3 Å². The highest BCUT2D eigenvalue weighted by Crippen LogP contribution is 2.44. The summed E-state index contributed by atoms with van der Waals surface area (Å²) in [5.41, 5.74) is 15.6. The number of fused-ring (bicyclic) bond motifs is 8. The van der Waals surface area contributed by atoms with Crippen LogP contribution in [-0.2, 0) is 6.42 Å². The highest BCUT2D eigenvalue weighted by Gasteiger charge is 2.23. The minimum Gasteiger partial charge on any atom is -0.292 e. The minimum absolute atomic E-state index is 0.912. The Kier molecular flexibility index (Phi) is 5.11. The van der Waals surface area contributed by atoms with E-state index in [1.54, 1.807) is 0 Å². The second-order valence-electron chi connectivity index (χ2n) is 10.6. The van der Waals surface area contributed by atoms with E-state index in [-0.39, 0.29) is 0 Å². The zero-order valence-electron chi connectivity index (χ0n) is 22.2. The maximum absolute atomic E-state index is 5.02. The summed E-state index contributed by atoms with van der Waals surface area (Å²) in [4.78, 5) is 5.02. The first-order valence-corrected chi connectivity index (χ1v) is 13.8. The van der Waals surface area contributed by atoms with E-state index in [1.807, 2.05) is 12.1 Å². The zero-order valence-corrected chi connectivity index (χ0v) is 22.2. The van der Waals surface area contributed by atoms with Gasteiger partial charge in [0.15, 0.2) is 0 Å². The monoisotopic (exact) mass is 513 g/mol. The third kappa shape index (κ3) is 3.55. The van der Waals surface area contributed by atoms with Crippen LogP contribution in [0.4, 0.5) is 11.4 Å². The smallest absolute Gasteiger partial charge is 0.0882 e. The number of hydrogen-bond acceptors (Lipinski definition) is 2. The van der Waals surface area contributed by atoms with Crippen molar-refractivity contribution >= 4 is 49.7 Å². The van der Waals surface area contributed by atoms with Crippen molar-refractivity contribution in [1.82, 2.24) is 4.68 Å². The summed E-state index contributed by atoms with van der Waals surface area (Å²) < 4.78 is 2.23. The van der Waals surface area contributed by atoms with Crippen LogP contribution in [0.5, 0.6) is 0 Å². The van der Waals surface area contributed by atoms with Gasteiger partial charge in [-0.15, -0.1) is 0 Å². The van der Waals surface area contributed by atoms with Crippen LogP contribution < -0.4 is 5.43 Å². The van der Waals surface area contributed by atoms with E-state index in [9.17, 15) is 0 Å². The van der Waals surface area contributed by atoms with Crippen molar-refractivity contribution in [3.05, 3.63) is 144 Å². The van der Waals surface area contributed by atoms with Crippen LogP contribution in [0.15, 0.2) is 132 Å². The summed E-state index contributed by atoms with van der Waals surface area (Å²) in [6.45, 7) is 2.07. The molecule has 3 heteroatoms. The van der Waals surface area contributed by atoms with Crippen LogP contribution in [0.2, 0.25) is 0 Å². The number of rotatable bonds is 4. The van der Waals surface area contributed by atoms with Gasteiger partial charge in [0.2, 0.25) is 0 Å². The third-order valence-electron chi connectivity index (χ3n) is 8.18. The molecule has 8 rings (SSSR count). The minimum atomic E-state index is 0.912. The van der Waals surface area contributed by atoms with Crippen LogP contribution in [0.3, 0.4) is 0 Å². The second kappa shape index (κ2) is 8.96. The molecule has 0 atom stereocenters. The van der Waals surface area contributed by atoms with Crippen molar-refractivity contribution < 1.29 is 0 Å². The summed E-state index contributed by atoms with van der Waals surface area (Å²) >= 11 is 0. The van der Waals surface area contributed by atoms with E-state index < -0.39 is 0 Å². The number of benzene rings is 6. The van der Waals surface area contributed by atoms with Gasteiger partial charge < -0.3 is 0 Å². The molecule has 0 bridgehead atoms. The first-order chi connectivity index (χ1) is 19.7. The molecule has 0 aliphatic heterocycles. The van der Waals surface area contributed by atoms with Crippen LogP contribution in [0.25, 0.3) is 43.7 Å². The van der Waals surface area contributed by atoms with Gasteiger partial charge in [0.05, 0.1) is 22.4 Å². The highest BCUT2D eigenvalue weighted by molar-refractivity contribution is 6.12. The number of aliphatic imine (C=N–C) groups is 1. The van der Waals surface area contributed by atoms with Crippen molar-refractivity contribution in [2.75, 3.05) is 5.43 Å². The molecule has 1 N–H and O–H groups in total. The number of anilines is 1. The van der Waals surface area contributed by atoms with Gasteiger partial charge in [0.25, 0.3) is 0 Å². The zero-order chi connectivity index (χ0) is 26.6. The topological polar surface area (TPSA) is 29.3 Å². The van der Waals surface area contributed by atoms with E-state index in [1.165, 1.54) is 49.3 Å². The van der Waals surface area contributed by atoms with Crippen LogP contribution in [0, 0.1) is 0 Å². The lowest BCUT2D eigenvalue weighted by Gasteiger charge is -2.14. The SMILES string of the molecule is CC(=Nc1ccccc1Nn1c2ccccc2c2cc3c(cc21)Cc1ccc2ccccc2c1-3)c1ccccc1. The second-order valence-corrected chi connectivity index (χ2v) is 10.6. The third-order valence-corrected chi connectivity index (χ3v) is 8.18. The first kappa shape index (κ1) is 22.8. The average molecular weight is 514 g/mol. The average Bonchev–Trinajstić information content (AvgIpc) is 3.52. The molecular formula is C37H27N3. The quantitative estimate of drug-likeness (QED) is 0.233. The first-order valence-electron chi connectivity index (χ1n) is 13.8. The predicted molar refractivity (Wildman–Crippen MR) is 169 cm³/mol. The standard InChI is InChI=1S/C37H27N3/c1-24(25-11-3-2-4-12-25)38-33-16-8-9-17-34(33)39-40-35-18-10-7-15-30(35)32-23-31-28(22-36(32)40)21-27-20-19-26-13-5-6-14-29(26)37(27)31/h2-20,22-23,39H,21H2,1H3. The molecule has 6 aromatic carbocycles. The summed E-state index contributed by atoms with van der Waals surface area (Å²) in [6, 6.07) is 45.4. The lowest BCUT2D eigenvalue weighted by molar-refractivity contribution is 1.05. The van der Waals surface area contributed by atoms with Crippen molar-refractivity contribution in [1.29, 1.82) is 0 Å². The van der Waals surface area contributed by atoms with Crippen molar-refractivity contribution in [2.24, 2.45) is 4.99 Å². The van der Waals surface area contributed by atoms with Crippen molar-refractivity contribution in [3.8, 4) is 11.1 Å². The molecule has 40 heavy (non-hydrogen) atoms. The van der Waals surface area contributed by atoms with E-state index >= 15 is 0 Å². The predicted octanol–water partition coefficient (Wildman–Crippen LogP) is 9.53. The van der Waals surface area contributed by atoms with Gasteiger partial charge in [0.1, 0.15) is 0 Å². The molecule has 3 nitrogen and oxygen atoms in total. The molecule has 0 amide bonds. The van der Waals surface area contributed by atoms with Gasteiger partial charge in [-0.25, -0.2) is 0 Å². The van der Waals surface area contributed by atoms with Crippen molar-refractivity contribution in [3.63, 3.8) is 0 Å². The number of para-hydroxylation sites is 3. The Morgan fingerprint density at radius 1 is 0.650 bits per heavy atom. The van der Waals surface area contributed by atoms with Gasteiger partial charge in [-0.2, -0.15) is 0 Å². The number of nitrogens with zero attached hydrogens (tertiary/aromatic N) is 2. The van der Waals surface area contributed by atoms with Crippen LogP contribution >= 0.6 is 0 Å². The Hall–Kier alpha value is -5.15. The fraction of sp³-hybridized carbons (Fsp3) is 0.0541. The molecule has 0 saturated carbocycles. The molecule has 1 aromatic heterocycles. The number of nitrogens with one attached hydrogen (secondary N) is 1. The highest BCUT2D eigenvalue weighted by atomic mass is 15.4. The summed E-state index contributed by atoms with van der Waals surface area (Å²) in [5, 5.41) is 5.12. The fourth-order valence-corrected chi connectivity index (χ4v) is 6.26. The largest absolute Gasteiger partial charge is 0.292 e. The van der Waals surface area contributed by atoms with E-state index in [0.29, 0.717) is 0 Å². The van der Waals surface area contributed by atoms with E-state index in [0.717, 1.165) is 34.6 Å². The molecular weight excluding hydrogens is 486 g/mol. The lowest BCUT2D eigenvalue weighted by atomic mass is 9.97. The van der Waals surface area contributed by atoms with Crippen LogP contribution in [0.1, 0.15) is 23.6 Å². The molecule has 1 aliphatic carbocycles. The van der Waals surface area contributed by atoms with Crippen LogP contribution in [-0.4, -0.2) is 10.4 Å². The normalized spacial score (nSPS) is 12.7.